The van der Waals surface area contributed by atoms with Gasteiger partial charge in [0.05, 0.1) is 12.4 Å². The van der Waals surface area contributed by atoms with Crippen molar-refractivity contribution in [3.05, 3.63) is 23.8 Å². The zero-order valence-corrected chi connectivity index (χ0v) is 18.6. The fraction of sp³-hybridized carbons (Fsp3) is 0.636. The third kappa shape index (κ3) is 3.59. The summed E-state index contributed by atoms with van der Waals surface area (Å²) in [6.45, 7) is 3.95. The van der Waals surface area contributed by atoms with Crippen molar-refractivity contribution in [1.82, 2.24) is 25.5 Å². The number of nitrogens with zero attached hydrogens (tertiary/aromatic N) is 4. The van der Waals surface area contributed by atoms with Crippen LogP contribution in [-0.4, -0.2) is 44.0 Å². The standard InChI is InChI=1S/C22H29N5O2S/c1-13-4-5-19(29-3)18(6-13)27-21(24-25-26-27)30-14(2)20(28)23-22-10-15-7-16(11-22)9-17(8-15)12-22/h4-6,14-17H,7-12H2,1-3H3,(H,23,28)/t14-,15?,16?,17?,22?/m1/s1. The van der Waals surface area contributed by atoms with Crippen LogP contribution < -0.4 is 10.1 Å². The van der Waals surface area contributed by atoms with Crippen LogP contribution in [0.3, 0.4) is 0 Å². The first-order valence-electron chi connectivity index (χ1n) is 10.9. The van der Waals surface area contributed by atoms with Crippen LogP contribution >= 0.6 is 11.8 Å². The Morgan fingerprint density at radius 2 is 1.90 bits per heavy atom. The van der Waals surface area contributed by atoms with Crippen molar-refractivity contribution >= 4 is 17.7 Å². The average molecular weight is 428 g/mol. The SMILES string of the molecule is COc1ccc(C)cc1-n1nnnc1S[C@H](C)C(=O)NC12CC3CC(CC(C3)C1)C2. The number of rotatable bonds is 6. The molecule has 1 atom stereocenters. The highest BCUT2D eigenvalue weighted by Crippen LogP contribution is 2.55. The number of aromatic nitrogens is 4. The minimum Gasteiger partial charge on any atom is -0.494 e. The molecule has 0 aliphatic heterocycles. The van der Waals surface area contributed by atoms with E-state index in [9.17, 15) is 4.79 Å². The molecule has 4 aliphatic carbocycles. The second kappa shape index (κ2) is 7.55. The lowest BCUT2D eigenvalue weighted by atomic mass is 9.53. The molecular formula is C22H29N5O2S. The Morgan fingerprint density at radius 1 is 1.23 bits per heavy atom. The minimum atomic E-state index is -0.279. The summed E-state index contributed by atoms with van der Waals surface area (Å²) in [5, 5.41) is 16.0. The number of hydrogen-bond donors (Lipinski definition) is 1. The lowest BCUT2D eigenvalue weighted by molar-refractivity contribution is -0.126. The van der Waals surface area contributed by atoms with Gasteiger partial charge in [0.1, 0.15) is 11.4 Å². The largest absolute Gasteiger partial charge is 0.494 e. The molecule has 160 valence electrons. The van der Waals surface area contributed by atoms with Gasteiger partial charge in [0.15, 0.2) is 0 Å². The number of nitrogens with one attached hydrogen (secondary N) is 1. The van der Waals surface area contributed by atoms with Crippen molar-refractivity contribution in [3.8, 4) is 11.4 Å². The summed E-state index contributed by atoms with van der Waals surface area (Å²) >= 11 is 1.39. The Bertz CT molecular complexity index is 923. The van der Waals surface area contributed by atoms with Crippen molar-refractivity contribution in [1.29, 1.82) is 0 Å². The molecule has 1 aromatic carbocycles. The molecular weight excluding hydrogens is 398 g/mol. The van der Waals surface area contributed by atoms with Gasteiger partial charge in [-0.2, -0.15) is 4.68 Å². The van der Waals surface area contributed by atoms with Gasteiger partial charge in [0, 0.05) is 5.54 Å². The van der Waals surface area contributed by atoms with E-state index in [1.165, 1.54) is 31.0 Å². The summed E-state index contributed by atoms with van der Waals surface area (Å²) in [7, 11) is 1.63. The van der Waals surface area contributed by atoms with E-state index in [1.54, 1.807) is 11.8 Å². The summed E-state index contributed by atoms with van der Waals surface area (Å²) in [6.07, 6.45) is 7.56. The van der Waals surface area contributed by atoms with E-state index in [4.69, 9.17) is 4.74 Å². The Balaban J connectivity index is 1.31. The lowest BCUT2D eigenvalue weighted by Gasteiger charge is -2.57. The number of aryl methyl sites for hydroxylation is 1. The average Bonchev–Trinajstić information content (AvgIpc) is 3.14. The molecule has 0 spiro atoms. The molecule has 7 nitrogen and oxygen atoms in total. The van der Waals surface area contributed by atoms with Gasteiger partial charge in [-0.3, -0.25) is 4.79 Å². The molecule has 4 saturated carbocycles. The Kier molecular flexibility index (Phi) is 5.00. The minimum absolute atomic E-state index is 0.0202. The number of hydrogen-bond acceptors (Lipinski definition) is 6. The van der Waals surface area contributed by atoms with E-state index in [2.05, 4.69) is 20.8 Å². The highest BCUT2D eigenvalue weighted by molar-refractivity contribution is 8.00. The first-order chi connectivity index (χ1) is 14.4. The fourth-order valence-electron chi connectivity index (χ4n) is 6.21. The topological polar surface area (TPSA) is 81.9 Å². The molecule has 8 heteroatoms. The van der Waals surface area contributed by atoms with Crippen LogP contribution in [0.15, 0.2) is 23.4 Å². The molecule has 4 fully saturated rings. The number of carbonyl (C=O) groups is 1. The summed E-state index contributed by atoms with van der Waals surface area (Å²) in [6, 6.07) is 5.88. The maximum Gasteiger partial charge on any atom is 0.233 e. The van der Waals surface area contributed by atoms with Crippen molar-refractivity contribution in [3.63, 3.8) is 0 Å². The van der Waals surface area contributed by atoms with Crippen molar-refractivity contribution in [2.75, 3.05) is 7.11 Å². The molecule has 4 aliphatic rings. The molecule has 2 aromatic rings. The molecule has 0 saturated heterocycles. The van der Waals surface area contributed by atoms with Crippen LogP contribution in [0, 0.1) is 24.7 Å². The number of amides is 1. The predicted molar refractivity (Wildman–Crippen MR) is 115 cm³/mol. The fourth-order valence-corrected chi connectivity index (χ4v) is 7.01. The summed E-state index contributed by atoms with van der Waals surface area (Å²) in [5.41, 5.74) is 1.88. The van der Waals surface area contributed by atoms with Gasteiger partial charge in [-0.1, -0.05) is 17.8 Å². The van der Waals surface area contributed by atoms with Crippen LogP contribution in [0.4, 0.5) is 0 Å². The van der Waals surface area contributed by atoms with Crippen LogP contribution in [0.5, 0.6) is 5.75 Å². The van der Waals surface area contributed by atoms with E-state index < -0.39 is 0 Å². The van der Waals surface area contributed by atoms with Crippen molar-refractivity contribution in [2.24, 2.45) is 17.8 Å². The van der Waals surface area contributed by atoms with E-state index in [1.807, 2.05) is 32.0 Å². The first kappa shape index (κ1) is 19.8. The number of carbonyl (C=O) groups excluding carboxylic acids is 1. The van der Waals surface area contributed by atoms with E-state index in [-0.39, 0.29) is 16.7 Å². The van der Waals surface area contributed by atoms with E-state index in [0.29, 0.717) is 10.9 Å². The van der Waals surface area contributed by atoms with Gasteiger partial charge in [-0.25, -0.2) is 0 Å². The van der Waals surface area contributed by atoms with E-state index in [0.717, 1.165) is 48.3 Å². The number of methoxy groups -OCH3 is 1. The van der Waals surface area contributed by atoms with Crippen LogP contribution in [0.2, 0.25) is 0 Å². The molecule has 30 heavy (non-hydrogen) atoms. The second-order valence-electron chi connectivity index (χ2n) is 9.50. The highest BCUT2D eigenvalue weighted by Gasteiger charge is 2.51. The van der Waals surface area contributed by atoms with Gasteiger partial charge in [-0.05, 0) is 98.2 Å². The molecule has 0 unspecified atom stereocenters. The molecule has 4 bridgehead atoms. The number of tetrazole rings is 1. The number of benzene rings is 1. The monoisotopic (exact) mass is 427 g/mol. The van der Waals surface area contributed by atoms with Gasteiger partial charge in [0.2, 0.25) is 11.1 Å². The molecule has 1 aromatic heterocycles. The summed E-state index contributed by atoms with van der Waals surface area (Å²) in [5.74, 6) is 3.20. The normalized spacial score (nSPS) is 30.3. The molecule has 6 rings (SSSR count). The first-order valence-corrected chi connectivity index (χ1v) is 11.7. The zero-order valence-electron chi connectivity index (χ0n) is 17.8. The van der Waals surface area contributed by atoms with E-state index >= 15 is 0 Å². The van der Waals surface area contributed by atoms with Crippen LogP contribution in [0.1, 0.15) is 51.0 Å². The Labute approximate surface area is 181 Å². The maximum atomic E-state index is 13.1. The number of thioether (sulfide) groups is 1. The Hall–Kier alpha value is -2.09. The quantitative estimate of drug-likeness (QED) is 0.710. The maximum absolute atomic E-state index is 13.1. The predicted octanol–water partition coefficient (Wildman–Crippen LogP) is 3.54. The smallest absolute Gasteiger partial charge is 0.233 e. The van der Waals surface area contributed by atoms with Gasteiger partial charge >= 0.3 is 0 Å². The van der Waals surface area contributed by atoms with Gasteiger partial charge in [-0.15, -0.1) is 5.10 Å². The van der Waals surface area contributed by atoms with Gasteiger partial charge in [0.25, 0.3) is 0 Å². The zero-order chi connectivity index (χ0) is 20.9. The Morgan fingerprint density at radius 3 is 2.53 bits per heavy atom. The van der Waals surface area contributed by atoms with Crippen molar-refractivity contribution < 1.29 is 9.53 Å². The molecule has 1 amide bonds. The number of ether oxygens (including phenoxy) is 1. The van der Waals surface area contributed by atoms with Crippen molar-refractivity contribution in [2.45, 2.75) is 68.3 Å². The molecule has 0 radical (unpaired) electrons. The molecule has 1 heterocycles. The van der Waals surface area contributed by atoms with Crippen LogP contribution in [-0.2, 0) is 4.79 Å². The van der Waals surface area contributed by atoms with Crippen LogP contribution in [0.25, 0.3) is 5.69 Å². The third-order valence-electron chi connectivity index (χ3n) is 7.08. The molecule has 1 N–H and O–H groups in total. The third-order valence-corrected chi connectivity index (χ3v) is 8.11. The summed E-state index contributed by atoms with van der Waals surface area (Å²) in [4.78, 5) is 13.1. The van der Waals surface area contributed by atoms with Gasteiger partial charge < -0.3 is 10.1 Å². The second-order valence-corrected chi connectivity index (χ2v) is 10.8. The highest BCUT2D eigenvalue weighted by atomic mass is 32.2. The summed E-state index contributed by atoms with van der Waals surface area (Å²) < 4.78 is 7.14. The lowest BCUT2D eigenvalue weighted by Crippen LogP contribution is -2.60.